The summed E-state index contributed by atoms with van der Waals surface area (Å²) in [4.78, 5) is 20.8. The summed E-state index contributed by atoms with van der Waals surface area (Å²) < 4.78 is 0. The van der Waals surface area contributed by atoms with Crippen LogP contribution in [0.3, 0.4) is 0 Å². The number of H-pyrrole nitrogens is 1. The zero-order valence-electron chi connectivity index (χ0n) is 9.08. The van der Waals surface area contributed by atoms with Gasteiger partial charge in [-0.2, -0.15) is 0 Å². The van der Waals surface area contributed by atoms with Gasteiger partial charge in [0.05, 0.1) is 6.20 Å². The smallest absolute Gasteiger partial charge is 0.272 e. The summed E-state index contributed by atoms with van der Waals surface area (Å²) in [5.41, 5.74) is 0.585. The number of rotatable bonds is 1. The molecule has 2 heterocycles. The maximum absolute atomic E-state index is 12.0. The number of hydrogen-bond acceptors (Lipinski definition) is 3. The second-order valence-corrected chi connectivity index (χ2v) is 3.99. The number of aromatic nitrogens is 2. The van der Waals surface area contributed by atoms with Crippen LogP contribution in [0.1, 0.15) is 23.2 Å². The molecule has 0 aromatic carbocycles. The fourth-order valence-corrected chi connectivity index (χ4v) is 1.82. The van der Waals surface area contributed by atoms with Crippen LogP contribution in [0.15, 0.2) is 6.20 Å². The van der Waals surface area contributed by atoms with Crippen molar-refractivity contribution in [3.63, 3.8) is 0 Å². The van der Waals surface area contributed by atoms with Gasteiger partial charge in [-0.3, -0.25) is 4.79 Å². The molecule has 0 aliphatic carbocycles. The molecule has 5 heteroatoms. The molecule has 82 valence electrons. The highest BCUT2D eigenvalue weighted by molar-refractivity contribution is 5.92. The van der Waals surface area contributed by atoms with E-state index in [0.717, 1.165) is 25.5 Å². The molecular formula is C10H16N4O. The number of carbonyl (C=O) groups excluding carboxylic acids is 1. The van der Waals surface area contributed by atoms with E-state index < -0.39 is 0 Å². The van der Waals surface area contributed by atoms with Gasteiger partial charge in [0.15, 0.2) is 0 Å². The van der Waals surface area contributed by atoms with Gasteiger partial charge in [0.1, 0.15) is 11.5 Å². The number of nitrogens with one attached hydrogen (secondary N) is 2. The van der Waals surface area contributed by atoms with Crippen molar-refractivity contribution < 1.29 is 4.79 Å². The van der Waals surface area contributed by atoms with E-state index in [9.17, 15) is 4.79 Å². The molecule has 1 aliphatic rings. The van der Waals surface area contributed by atoms with Crippen LogP contribution in [-0.4, -0.2) is 46.5 Å². The van der Waals surface area contributed by atoms with Crippen LogP contribution < -0.4 is 5.32 Å². The largest absolute Gasteiger partial charge is 0.338 e. The second kappa shape index (κ2) is 4.02. The van der Waals surface area contributed by atoms with Crippen LogP contribution in [-0.2, 0) is 0 Å². The molecule has 0 bridgehead atoms. The predicted molar refractivity (Wildman–Crippen MR) is 56.7 cm³/mol. The Morgan fingerprint density at radius 3 is 3.07 bits per heavy atom. The number of carbonyl (C=O) groups is 1. The van der Waals surface area contributed by atoms with Crippen LogP contribution in [0.4, 0.5) is 0 Å². The van der Waals surface area contributed by atoms with Crippen molar-refractivity contribution in [2.24, 2.45) is 0 Å². The van der Waals surface area contributed by atoms with Crippen molar-refractivity contribution in [3.05, 3.63) is 17.7 Å². The Morgan fingerprint density at radius 2 is 2.47 bits per heavy atom. The maximum Gasteiger partial charge on any atom is 0.272 e. The molecule has 1 aliphatic heterocycles. The molecule has 0 saturated carbocycles. The SMILES string of the molecule is Cc1ncc(C(=O)N2CCN[C@@H](C)C2)[nH]1. The van der Waals surface area contributed by atoms with Gasteiger partial charge in [-0.25, -0.2) is 4.98 Å². The van der Waals surface area contributed by atoms with Crippen molar-refractivity contribution in [1.29, 1.82) is 0 Å². The molecular weight excluding hydrogens is 192 g/mol. The Bertz CT molecular complexity index is 360. The molecule has 2 rings (SSSR count). The molecule has 1 saturated heterocycles. The number of nitrogens with zero attached hydrogens (tertiary/aromatic N) is 2. The Labute approximate surface area is 88.9 Å². The lowest BCUT2D eigenvalue weighted by molar-refractivity contribution is 0.0703. The van der Waals surface area contributed by atoms with E-state index in [4.69, 9.17) is 0 Å². The zero-order valence-corrected chi connectivity index (χ0v) is 9.08. The summed E-state index contributed by atoms with van der Waals surface area (Å²) in [6, 6.07) is 0.367. The quantitative estimate of drug-likeness (QED) is 0.690. The van der Waals surface area contributed by atoms with Crippen molar-refractivity contribution in [1.82, 2.24) is 20.2 Å². The van der Waals surface area contributed by atoms with Gasteiger partial charge in [-0.1, -0.05) is 0 Å². The number of aryl methyl sites for hydroxylation is 1. The highest BCUT2D eigenvalue weighted by Crippen LogP contribution is 2.05. The lowest BCUT2D eigenvalue weighted by Gasteiger charge is -2.31. The fraction of sp³-hybridized carbons (Fsp3) is 0.600. The lowest BCUT2D eigenvalue weighted by Crippen LogP contribution is -2.51. The van der Waals surface area contributed by atoms with E-state index in [0.29, 0.717) is 11.7 Å². The highest BCUT2D eigenvalue weighted by Gasteiger charge is 2.22. The van der Waals surface area contributed by atoms with Crippen molar-refractivity contribution in [2.75, 3.05) is 19.6 Å². The molecule has 0 radical (unpaired) electrons. The maximum atomic E-state index is 12.0. The minimum Gasteiger partial charge on any atom is -0.338 e. The molecule has 1 amide bonds. The number of imidazole rings is 1. The van der Waals surface area contributed by atoms with Gasteiger partial charge in [-0.05, 0) is 13.8 Å². The van der Waals surface area contributed by atoms with Crippen LogP contribution in [0.2, 0.25) is 0 Å². The minimum atomic E-state index is 0.0453. The first-order valence-electron chi connectivity index (χ1n) is 5.21. The lowest BCUT2D eigenvalue weighted by atomic mass is 10.2. The third kappa shape index (κ3) is 2.18. The van der Waals surface area contributed by atoms with Crippen LogP contribution in [0.25, 0.3) is 0 Å². The average Bonchev–Trinajstić information content (AvgIpc) is 2.64. The van der Waals surface area contributed by atoms with Crippen LogP contribution in [0.5, 0.6) is 0 Å². The summed E-state index contributed by atoms with van der Waals surface area (Å²) >= 11 is 0. The summed E-state index contributed by atoms with van der Waals surface area (Å²) in [5, 5.41) is 3.30. The van der Waals surface area contributed by atoms with Gasteiger partial charge < -0.3 is 15.2 Å². The molecule has 0 unspecified atom stereocenters. The summed E-state index contributed by atoms with van der Waals surface area (Å²) in [5.74, 6) is 0.825. The standard InChI is InChI=1S/C10H16N4O/c1-7-6-14(4-3-11-7)10(15)9-5-12-8(2)13-9/h5,7,11H,3-4,6H2,1-2H3,(H,12,13)/t7-/m0/s1. The normalized spacial score (nSPS) is 21.7. The number of hydrogen-bond donors (Lipinski definition) is 2. The summed E-state index contributed by atoms with van der Waals surface area (Å²) in [6.45, 7) is 6.31. The molecule has 5 nitrogen and oxygen atoms in total. The minimum absolute atomic E-state index is 0.0453. The van der Waals surface area contributed by atoms with Gasteiger partial charge >= 0.3 is 0 Å². The van der Waals surface area contributed by atoms with Crippen LogP contribution in [0, 0.1) is 6.92 Å². The topological polar surface area (TPSA) is 61.0 Å². The highest BCUT2D eigenvalue weighted by atomic mass is 16.2. The molecule has 1 fully saturated rings. The van der Waals surface area contributed by atoms with E-state index in [2.05, 4.69) is 22.2 Å². The molecule has 15 heavy (non-hydrogen) atoms. The molecule has 1 aromatic rings. The van der Waals surface area contributed by atoms with Gasteiger partial charge in [0, 0.05) is 25.7 Å². The Kier molecular flexibility index (Phi) is 2.73. The monoisotopic (exact) mass is 208 g/mol. The van der Waals surface area contributed by atoms with E-state index >= 15 is 0 Å². The van der Waals surface area contributed by atoms with Crippen molar-refractivity contribution >= 4 is 5.91 Å². The Hall–Kier alpha value is -1.36. The number of piperazine rings is 1. The van der Waals surface area contributed by atoms with Gasteiger partial charge in [-0.15, -0.1) is 0 Å². The first-order valence-corrected chi connectivity index (χ1v) is 5.21. The first kappa shape index (κ1) is 10.2. The Balaban J connectivity index is 2.07. The number of aromatic amines is 1. The molecule has 1 aromatic heterocycles. The van der Waals surface area contributed by atoms with E-state index in [-0.39, 0.29) is 5.91 Å². The van der Waals surface area contributed by atoms with Gasteiger partial charge in [0.25, 0.3) is 5.91 Å². The van der Waals surface area contributed by atoms with Crippen molar-refractivity contribution in [3.8, 4) is 0 Å². The van der Waals surface area contributed by atoms with Crippen LogP contribution >= 0.6 is 0 Å². The molecule has 1 atom stereocenters. The van der Waals surface area contributed by atoms with E-state index in [1.807, 2.05) is 11.8 Å². The zero-order chi connectivity index (χ0) is 10.8. The molecule has 2 N–H and O–H groups in total. The fourth-order valence-electron chi connectivity index (χ4n) is 1.82. The van der Waals surface area contributed by atoms with Crippen molar-refractivity contribution in [2.45, 2.75) is 19.9 Å². The summed E-state index contributed by atoms with van der Waals surface area (Å²) in [6.07, 6.45) is 1.60. The molecule has 0 spiro atoms. The average molecular weight is 208 g/mol. The predicted octanol–water partition coefficient (Wildman–Crippen LogP) is 0.152. The first-order chi connectivity index (χ1) is 7.16. The van der Waals surface area contributed by atoms with E-state index in [1.165, 1.54) is 0 Å². The second-order valence-electron chi connectivity index (χ2n) is 3.99. The number of amides is 1. The van der Waals surface area contributed by atoms with E-state index in [1.54, 1.807) is 6.20 Å². The van der Waals surface area contributed by atoms with Gasteiger partial charge in [0.2, 0.25) is 0 Å². The third-order valence-corrected chi connectivity index (χ3v) is 2.59. The third-order valence-electron chi connectivity index (χ3n) is 2.59. The Morgan fingerprint density at radius 1 is 1.67 bits per heavy atom. The summed E-state index contributed by atoms with van der Waals surface area (Å²) in [7, 11) is 0.